The van der Waals surface area contributed by atoms with Crippen molar-refractivity contribution in [1.82, 2.24) is 9.46 Å². The third-order valence-electron chi connectivity index (χ3n) is 4.71. The summed E-state index contributed by atoms with van der Waals surface area (Å²) in [4.78, 5) is 12.6. The second-order valence-corrected chi connectivity index (χ2v) is 8.56. The van der Waals surface area contributed by atoms with Gasteiger partial charge in [-0.2, -0.15) is 4.31 Å². The fourth-order valence-corrected chi connectivity index (χ4v) is 4.97. The zero-order valence-electron chi connectivity index (χ0n) is 15.2. The smallest absolute Gasteiger partial charge is 0.248 e. The molecule has 1 aliphatic heterocycles. The molecule has 140 valence electrons. The number of aromatic nitrogens is 1. The van der Waals surface area contributed by atoms with E-state index in [2.05, 4.69) is 10.5 Å². The number of hydrogen-bond acceptors (Lipinski definition) is 5. The van der Waals surface area contributed by atoms with E-state index in [1.54, 1.807) is 13.8 Å². The number of hydrogen-bond donors (Lipinski definition) is 1. The number of sulfonamides is 1. The van der Waals surface area contributed by atoms with E-state index in [0.29, 0.717) is 37.4 Å². The van der Waals surface area contributed by atoms with Crippen LogP contribution in [0.2, 0.25) is 0 Å². The van der Waals surface area contributed by atoms with E-state index in [9.17, 15) is 13.2 Å². The van der Waals surface area contributed by atoms with Gasteiger partial charge >= 0.3 is 0 Å². The van der Waals surface area contributed by atoms with E-state index in [4.69, 9.17) is 4.52 Å². The second kappa shape index (κ2) is 7.20. The zero-order valence-corrected chi connectivity index (χ0v) is 16.0. The Balaban J connectivity index is 1.63. The van der Waals surface area contributed by atoms with Crippen molar-refractivity contribution in [1.29, 1.82) is 0 Å². The molecule has 1 aromatic heterocycles. The number of anilines is 1. The van der Waals surface area contributed by atoms with Gasteiger partial charge in [-0.25, -0.2) is 8.42 Å². The highest BCUT2D eigenvalue weighted by atomic mass is 32.2. The lowest BCUT2D eigenvalue weighted by molar-refractivity contribution is -0.120. The summed E-state index contributed by atoms with van der Waals surface area (Å²) in [5, 5.41) is 6.63. The van der Waals surface area contributed by atoms with E-state index < -0.39 is 10.0 Å². The predicted octanol–water partition coefficient (Wildman–Crippen LogP) is 2.64. The van der Waals surface area contributed by atoms with Crippen LogP contribution in [0, 0.1) is 26.7 Å². The van der Waals surface area contributed by atoms with Crippen LogP contribution in [0.15, 0.2) is 33.7 Å². The van der Waals surface area contributed by atoms with Crippen molar-refractivity contribution in [3.63, 3.8) is 0 Å². The Labute approximate surface area is 153 Å². The Kier molecular flexibility index (Phi) is 5.15. The third-order valence-corrected chi connectivity index (χ3v) is 6.85. The minimum Gasteiger partial charge on any atom is -0.360 e. The first-order valence-corrected chi connectivity index (χ1v) is 10.0. The molecule has 7 nitrogen and oxygen atoms in total. The minimum atomic E-state index is -3.65. The number of rotatable bonds is 4. The maximum Gasteiger partial charge on any atom is 0.248 e. The quantitative estimate of drug-likeness (QED) is 0.884. The van der Waals surface area contributed by atoms with Gasteiger partial charge in [0.2, 0.25) is 15.9 Å². The molecule has 26 heavy (non-hydrogen) atoms. The lowest BCUT2D eigenvalue weighted by Crippen LogP contribution is -2.41. The molecule has 1 aromatic carbocycles. The number of nitrogens with one attached hydrogen (secondary N) is 1. The third kappa shape index (κ3) is 3.66. The van der Waals surface area contributed by atoms with Crippen molar-refractivity contribution >= 4 is 21.6 Å². The van der Waals surface area contributed by atoms with Gasteiger partial charge in [-0.15, -0.1) is 0 Å². The Bertz CT molecular complexity index is 876. The summed E-state index contributed by atoms with van der Waals surface area (Å²) in [6.45, 7) is 5.80. The fourth-order valence-electron chi connectivity index (χ4n) is 3.21. The number of amides is 1. The van der Waals surface area contributed by atoms with Crippen molar-refractivity contribution in [3.05, 3.63) is 41.3 Å². The van der Waals surface area contributed by atoms with Crippen LogP contribution in [-0.2, 0) is 14.8 Å². The summed E-state index contributed by atoms with van der Waals surface area (Å²) >= 11 is 0. The van der Waals surface area contributed by atoms with Crippen molar-refractivity contribution < 1.29 is 17.7 Å². The van der Waals surface area contributed by atoms with Crippen molar-refractivity contribution in [2.24, 2.45) is 5.92 Å². The molecule has 2 heterocycles. The summed E-state index contributed by atoms with van der Waals surface area (Å²) in [5.74, 6) is 0.0254. The average molecular weight is 377 g/mol. The monoisotopic (exact) mass is 377 g/mol. The molecule has 0 atom stereocenters. The molecule has 1 saturated heterocycles. The van der Waals surface area contributed by atoms with Crippen molar-refractivity contribution in [3.8, 4) is 0 Å². The van der Waals surface area contributed by atoms with Gasteiger partial charge in [0.15, 0.2) is 5.76 Å². The van der Waals surface area contributed by atoms with E-state index >= 15 is 0 Å². The highest BCUT2D eigenvalue weighted by Gasteiger charge is 2.35. The maximum absolute atomic E-state index is 12.8. The van der Waals surface area contributed by atoms with E-state index in [1.165, 1.54) is 4.31 Å². The maximum atomic E-state index is 12.8. The van der Waals surface area contributed by atoms with Crippen LogP contribution in [0.1, 0.15) is 29.9 Å². The first kappa shape index (κ1) is 18.6. The van der Waals surface area contributed by atoms with Crippen LogP contribution in [0.4, 0.5) is 5.69 Å². The summed E-state index contributed by atoms with van der Waals surface area (Å²) in [7, 11) is -3.65. The van der Waals surface area contributed by atoms with Crippen molar-refractivity contribution in [2.45, 2.75) is 38.5 Å². The topological polar surface area (TPSA) is 92.5 Å². The lowest BCUT2D eigenvalue weighted by Gasteiger charge is -2.30. The van der Waals surface area contributed by atoms with Gasteiger partial charge in [0.05, 0.1) is 0 Å². The van der Waals surface area contributed by atoms with Crippen LogP contribution >= 0.6 is 0 Å². The Morgan fingerprint density at radius 1 is 1.15 bits per heavy atom. The largest absolute Gasteiger partial charge is 0.360 e. The Hall–Kier alpha value is -2.19. The molecule has 8 heteroatoms. The molecule has 1 N–H and O–H groups in total. The molecule has 0 bridgehead atoms. The molecule has 1 fully saturated rings. The molecule has 0 radical (unpaired) electrons. The van der Waals surface area contributed by atoms with Gasteiger partial charge in [-0.1, -0.05) is 22.9 Å². The number of aryl methyl sites for hydroxylation is 3. The molecule has 0 spiro atoms. The molecule has 1 aliphatic rings. The summed E-state index contributed by atoms with van der Waals surface area (Å²) in [6.07, 6.45) is 0.973. The molecular formula is C18H23N3O4S. The van der Waals surface area contributed by atoms with E-state index in [1.807, 2.05) is 31.2 Å². The average Bonchev–Trinajstić information content (AvgIpc) is 2.96. The number of carbonyl (C=O) groups is 1. The predicted molar refractivity (Wildman–Crippen MR) is 97.3 cm³/mol. The second-order valence-electron chi connectivity index (χ2n) is 6.69. The van der Waals surface area contributed by atoms with Gasteiger partial charge in [-0.3, -0.25) is 4.79 Å². The molecular weight excluding hydrogens is 354 g/mol. The van der Waals surface area contributed by atoms with E-state index in [-0.39, 0.29) is 16.7 Å². The van der Waals surface area contributed by atoms with Crippen LogP contribution in [0.25, 0.3) is 0 Å². The minimum absolute atomic E-state index is 0.0664. The van der Waals surface area contributed by atoms with E-state index in [0.717, 1.165) is 11.3 Å². The number of carbonyl (C=O) groups excluding carboxylic acids is 1. The Morgan fingerprint density at radius 3 is 2.31 bits per heavy atom. The SMILES string of the molecule is Cc1ccc(NC(=O)C2CCN(S(=O)(=O)c3c(C)noc3C)CC2)cc1. The molecule has 0 unspecified atom stereocenters. The molecule has 3 rings (SSSR count). The highest BCUT2D eigenvalue weighted by Crippen LogP contribution is 2.28. The van der Waals surface area contributed by atoms with Gasteiger partial charge in [0, 0.05) is 24.7 Å². The van der Waals surface area contributed by atoms with Crippen LogP contribution in [-0.4, -0.2) is 36.9 Å². The Morgan fingerprint density at radius 2 is 1.77 bits per heavy atom. The standard InChI is InChI=1S/C18H23N3O4S/c1-12-4-6-16(7-5-12)19-18(22)15-8-10-21(11-9-15)26(23,24)17-13(2)20-25-14(17)3/h4-7,15H,8-11H2,1-3H3,(H,19,22). The van der Waals surface area contributed by atoms with Gasteiger partial charge in [0.1, 0.15) is 10.6 Å². The molecule has 2 aromatic rings. The van der Waals surface area contributed by atoms with Gasteiger partial charge in [-0.05, 0) is 45.7 Å². The molecule has 1 amide bonds. The fraction of sp³-hybridized carbons (Fsp3) is 0.444. The summed E-state index contributed by atoms with van der Waals surface area (Å²) < 4.78 is 32.0. The number of nitrogens with zero attached hydrogens (tertiary/aromatic N) is 2. The number of piperidine rings is 1. The normalized spacial score (nSPS) is 16.6. The highest BCUT2D eigenvalue weighted by molar-refractivity contribution is 7.89. The zero-order chi connectivity index (χ0) is 18.9. The van der Waals surface area contributed by atoms with Crippen molar-refractivity contribution in [2.75, 3.05) is 18.4 Å². The van der Waals surface area contributed by atoms with Gasteiger partial charge in [0.25, 0.3) is 0 Å². The lowest BCUT2D eigenvalue weighted by atomic mass is 9.97. The van der Waals surface area contributed by atoms with Crippen LogP contribution < -0.4 is 5.32 Å². The summed E-state index contributed by atoms with van der Waals surface area (Å²) in [5.41, 5.74) is 2.24. The van der Waals surface area contributed by atoms with Crippen LogP contribution in [0.5, 0.6) is 0 Å². The first-order valence-electron chi connectivity index (χ1n) is 8.59. The summed E-state index contributed by atoms with van der Waals surface area (Å²) in [6, 6.07) is 7.61. The molecule has 0 saturated carbocycles. The first-order chi connectivity index (χ1) is 12.3. The van der Waals surface area contributed by atoms with Gasteiger partial charge < -0.3 is 9.84 Å². The number of benzene rings is 1. The van der Waals surface area contributed by atoms with Crippen LogP contribution in [0.3, 0.4) is 0 Å². The molecule has 0 aliphatic carbocycles.